The van der Waals surface area contributed by atoms with Crippen LogP contribution in [0, 0.1) is 0 Å². The Labute approximate surface area is 107 Å². The lowest BCUT2D eigenvalue weighted by molar-refractivity contribution is -0.157. The van der Waals surface area contributed by atoms with Crippen LogP contribution in [0.2, 0.25) is 0 Å². The van der Waals surface area contributed by atoms with Crippen molar-refractivity contribution in [3.05, 3.63) is 0 Å². The first-order valence-electron chi connectivity index (χ1n) is 5.64. The fourth-order valence-electron chi connectivity index (χ4n) is 1.72. The van der Waals surface area contributed by atoms with E-state index in [0.29, 0.717) is 31.2 Å². The molecule has 0 spiro atoms. The van der Waals surface area contributed by atoms with E-state index >= 15 is 0 Å². The van der Waals surface area contributed by atoms with Crippen LogP contribution in [0.25, 0.3) is 0 Å². The number of halogens is 3. The minimum absolute atomic E-state index is 0.311. The van der Waals surface area contributed by atoms with E-state index in [1.165, 1.54) is 4.90 Å². The van der Waals surface area contributed by atoms with Gasteiger partial charge in [0.05, 0.1) is 32.8 Å². The molecule has 0 aromatic heterocycles. The Bertz CT molecular complexity index is 329. The monoisotopic (exact) mass is 284 g/mol. The Morgan fingerprint density at radius 1 is 1.21 bits per heavy atom. The lowest BCUT2D eigenvalue weighted by Crippen LogP contribution is -2.48. The molecule has 110 valence electrons. The predicted octanol–water partition coefficient (Wildman–Crippen LogP) is -0.206. The normalized spacial score (nSPS) is 16.7. The third-order valence-electron chi connectivity index (χ3n) is 2.48. The molecule has 1 aliphatic rings. The second-order valence-corrected chi connectivity index (χ2v) is 4.15. The molecule has 1 fully saturated rings. The first kappa shape index (κ1) is 15.7. The average Bonchev–Trinajstić information content (AvgIpc) is 2.26. The number of carboxylic acids is 1. The number of carbonyl (C=O) groups is 2. The van der Waals surface area contributed by atoms with Gasteiger partial charge in [0.25, 0.3) is 0 Å². The van der Waals surface area contributed by atoms with Crippen LogP contribution in [0.1, 0.15) is 0 Å². The maximum atomic E-state index is 12.3. The first-order valence-corrected chi connectivity index (χ1v) is 5.64. The summed E-state index contributed by atoms with van der Waals surface area (Å²) in [6.45, 7) is -1.51. The van der Waals surface area contributed by atoms with Crippen LogP contribution in [0.4, 0.5) is 13.2 Å². The molecule has 0 aromatic carbocycles. The van der Waals surface area contributed by atoms with Crippen molar-refractivity contribution in [2.24, 2.45) is 0 Å². The smallest absolute Gasteiger partial charge is 0.401 e. The van der Waals surface area contributed by atoms with E-state index in [1.807, 2.05) is 0 Å². The lowest BCUT2D eigenvalue weighted by atomic mass is 10.3. The maximum Gasteiger partial charge on any atom is 0.401 e. The third-order valence-corrected chi connectivity index (χ3v) is 2.48. The van der Waals surface area contributed by atoms with Crippen molar-refractivity contribution in [3.63, 3.8) is 0 Å². The van der Waals surface area contributed by atoms with Crippen LogP contribution in [0.5, 0.6) is 0 Å². The van der Waals surface area contributed by atoms with Gasteiger partial charge in [-0.3, -0.25) is 14.5 Å². The summed E-state index contributed by atoms with van der Waals surface area (Å²) < 4.78 is 41.8. The van der Waals surface area contributed by atoms with Crippen LogP contribution in [0.15, 0.2) is 0 Å². The van der Waals surface area contributed by atoms with E-state index < -0.39 is 37.7 Å². The number of amides is 1. The largest absolute Gasteiger partial charge is 0.480 e. The fraction of sp³-hybridized carbons (Fsp3) is 0.800. The summed E-state index contributed by atoms with van der Waals surface area (Å²) in [5.41, 5.74) is 0. The number of hydrogen-bond donors (Lipinski definition) is 1. The fourth-order valence-corrected chi connectivity index (χ4v) is 1.72. The van der Waals surface area contributed by atoms with Gasteiger partial charge in [-0.05, 0) is 0 Å². The Hall–Kier alpha value is -1.35. The highest BCUT2D eigenvalue weighted by Crippen LogP contribution is 2.16. The van der Waals surface area contributed by atoms with Gasteiger partial charge in [0.15, 0.2) is 0 Å². The molecule has 0 aromatic rings. The summed E-state index contributed by atoms with van der Waals surface area (Å²) in [6, 6.07) is 0. The molecule has 0 bridgehead atoms. The molecule has 9 heteroatoms. The van der Waals surface area contributed by atoms with Crippen molar-refractivity contribution < 1.29 is 32.6 Å². The highest BCUT2D eigenvalue weighted by atomic mass is 19.4. The van der Waals surface area contributed by atoms with E-state index in [4.69, 9.17) is 9.84 Å². The zero-order valence-corrected chi connectivity index (χ0v) is 10.2. The highest BCUT2D eigenvalue weighted by molar-refractivity contribution is 5.79. The van der Waals surface area contributed by atoms with Crippen molar-refractivity contribution in [1.82, 2.24) is 9.80 Å². The van der Waals surface area contributed by atoms with Crippen LogP contribution in [0.3, 0.4) is 0 Å². The zero-order valence-electron chi connectivity index (χ0n) is 10.2. The Morgan fingerprint density at radius 3 is 2.26 bits per heavy atom. The van der Waals surface area contributed by atoms with Gasteiger partial charge in [-0.15, -0.1) is 0 Å². The number of ether oxygens (including phenoxy) is 1. The van der Waals surface area contributed by atoms with Crippen molar-refractivity contribution in [2.45, 2.75) is 6.18 Å². The minimum Gasteiger partial charge on any atom is -0.480 e. The van der Waals surface area contributed by atoms with E-state index in [-0.39, 0.29) is 0 Å². The summed E-state index contributed by atoms with van der Waals surface area (Å²) in [6.07, 6.45) is -4.54. The summed E-state index contributed by atoms with van der Waals surface area (Å²) in [7, 11) is 0. The number of carbonyl (C=O) groups excluding carboxylic acids is 1. The van der Waals surface area contributed by atoms with Gasteiger partial charge in [0, 0.05) is 13.1 Å². The summed E-state index contributed by atoms with van der Waals surface area (Å²) in [5.74, 6) is -1.92. The minimum atomic E-state index is -4.54. The van der Waals surface area contributed by atoms with Crippen molar-refractivity contribution in [1.29, 1.82) is 0 Å². The second-order valence-electron chi connectivity index (χ2n) is 4.15. The van der Waals surface area contributed by atoms with E-state index in [2.05, 4.69) is 0 Å². The van der Waals surface area contributed by atoms with Crippen molar-refractivity contribution >= 4 is 11.9 Å². The molecule has 1 saturated heterocycles. The maximum absolute atomic E-state index is 12.3. The highest BCUT2D eigenvalue weighted by Gasteiger charge is 2.33. The van der Waals surface area contributed by atoms with Gasteiger partial charge in [0.1, 0.15) is 0 Å². The molecule has 0 atom stereocenters. The number of rotatable bonds is 5. The summed E-state index contributed by atoms with van der Waals surface area (Å²) >= 11 is 0. The molecule has 1 aliphatic heterocycles. The number of hydrogen-bond acceptors (Lipinski definition) is 4. The van der Waals surface area contributed by atoms with Gasteiger partial charge in [0.2, 0.25) is 5.91 Å². The molecule has 0 radical (unpaired) electrons. The number of alkyl halides is 3. The molecular weight excluding hydrogens is 269 g/mol. The van der Waals surface area contributed by atoms with Crippen LogP contribution < -0.4 is 0 Å². The van der Waals surface area contributed by atoms with E-state index in [0.717, 1.165) is 0 Å². The van der Waals surface area contributed by atoms with Gasteiger partial charge in [-0.1, -0.05) is 0 Å². The van der Waals surface area contributed by atoms with E-state index in [9.17, 15) is 22.8 Å². The summed E-state index contributed by atoms with van der Waals surface area (Å²) in [5, 5.41) is 8.55. The Morgan fingerprint density at radius 2 is 1.79 bits per heavy atom. The van der Waals surface area contributed by atoms with Crippen LogP contribution >= 0.6 is 0 Å². The average molecular weight is 284 g/mol. The number of morpholine rings is 1. The zero-order chi connectivity index (χ0) is 14.5. The molecule has 0 aliphatic carbocycles. The second kappa shape index (κ2) is 6.71. The Kier molecular flexibility index (Phi) is 5.55. The van der Waals surface area contributed by atoms with Crippen LogP contribution in [-0.4, -0.2) is 78.9 Å². The molecular formula is C10H15F3N2O4. The molecule has 0 saturated carbocycles. The SMILES string of the molecule is O=C(O)CN(CC(=O)N1CCOCC1)CC(F)(F)F. The molecule has 1 heterocycles. The molecule has 1 rings (SSSR count). The standard InChI is InChI=1S/C10H15F3N2O4/c11-10(12,13)7-14(6-9(17)18)5-8(16)15-1-3-19-4-2-15/h1-7H2,(H,17,18). The predicted molar refractivity (Wildman–Crippen MR) is 57.5 cm³/mol. The van der Waals surface area contributed by atoms with Crippen molar-refractivity contribution in [3.8, 4) is 0 Å². The quantitative estimate of drug-likeness (QED) is 0.757. The first-order chi connectivity index (χ1) is 8.78. The molecule has 6 nitrogen and oxygen atoms in total. The number of carboxylic acid groups (broad SMARTS) is 1. The van der Waals surface area contributed by atoms with Gasteiger partial charge in [-0.2, -0.15) is 13.2 Å². The molecule has 1 N–H and O–H groups in total. The van der Waals surface area contributed by atoms with Crippen molar-refractivity contribution in [2.75, 3.05) is 45.9 Å². The molecule has 1 amide bonds. The van der Waals surface area contributed by atoms with Gasteiger partial charge in [-0.25, -0.2) is 0 Å². The molecule has 19 heavy (non-hydrogen) atoms. The van der Waals surface area contributed by atoms with Gasteiger partial charge >= 0.3 is 12.1 Å². The van der Waals surface area contributed by atoms with Gasteiger partial charge < -0.3 is 14.7 Å². The third kappa shape index (κ3) is 6.39. The number of nitrogens with zero attached hydrogens (tertiary/aromatic N) is 2. The summed E-state index contributed by atoms with van der Waals surface area (Å²) in [4.78, 5) is 24.2. The topological polar surface area (TPSA) is 70.1 Å². The lowest BCUT2D eigenvalue weighted by Gasteiger charge is -2.29. The molecule has 0 unspecified atom stereocenters. The Balaban J connectivity index is 2.54. The number of aliphatic carboxylic acids is 1. The van der Waals surface area contributed by atoms with Crippen LogP contribution in [-0.2, 0) is 14.3 Å². The van der Waals surface area contributed by atoms with E-state index in [1.54, 1.807) is 0 Å².